The van der Waals surface area contributed by atoms with E-state index in [0.29, 0.717) is 6.54 Å². The number of nitriles is 1. The van der Waals surface area contributed by atoms with Crippen molar-refractivity contribution in [2.75, 3.05) is 0 Å². The number of hydrogen-bond donors (Lipinski definition) is 0. The second kappa shape index (κ2) is 8.25. The van der Waals surface area contributed by atoms with Gasteiger partial charge in [0.15, 0.2) is 0 Å². The molecule has 4 rings (SSSR count). The summed E-state index contributed by atoms with van der Waals surface area (Å²) in [5, 5.41) is 21.6. The summed E-state index contributed by atoms with van der Waals surface area (Å²) in [7, 11) is 0. The van der Waals surface area contributed by atoms with Crippen LogP contribution < -0.4 is 0 Å². The minimum Gasteiger partial charge on any atom is -0.340 e. The number of rotatable bonds is 5. The first kappa shape index (κ1) is 20.0. The van der Waals surface area contributed by atoms with Gasteiger partial charge < -0.3 is 4.57 Å². The van der Waals surface area contributed by atoms with Crippen LogP contribution in [0.2, 0.25) is 0 Å². The van der Waals surface area contributed by atoms with Gasteiger partial charge in [-0.05, 0) is 30.7 Å². The highest BCUT2D eigenvalue weighted by Gasteiger charge is 2.15. The third-order valence-corrected chi connectivity index (χ3v) is 5.34. The molecule has 0 saturated carbocycles. The van der Waals surface area contributed by atoms with Gasteiger partial charge in [0.25, 0.3) is 5.69 Å². The molecular weight excluding hydrogens is 393 g/mol. The fraction of sp³-hybridized carbons (Fsp3) is 0.0800. The Hall–Kier alpha value is -4.24. The molecule has 0 aliphatic rings. The lowest BCUT2D eigenvalue weighted by Crippen LogP contribution is -2.02. The van der Waals surface area contributed by atoms with Crippen LogP contribution in [0.5, 0.6) is 0 Å². The van der Waals surface area contributed by atoms with E-state index in [0.717, 1.165) is 27.7 Å². The summed E-state index contributed by atoms with van der Waals surface area (Å²) in [6, 6.07) is 22.6. The minimum absolute atomic E-state index is 0.0463. The molecule has 0 aliphatic carbocycles. The fourth-order valence-corrected chi connectivity index (χ4v) is 3.74. The van der Waals surface area contributed by atoms with E-state index in [4.69, 9.17) is 0 Å². The van der Waals surface area contributed by atoms with E-state index in [9.17, 15) is 19.8 Å². The van der Waals surface area contributed by atoms with Crippen molar-refractivity contribution in [2.24, 2.45) is 0 Å². The van der Waals surface area contributed by atoms with Crippen molar-refractivity contribution < 1.29 is 9.31 Å². The zero-order valence-electron chi connectivity index (χ0n) is 16.7. The van der Waals surface area contributed by atoms with Gasteiger partial charge in [-0.25, -0.2) is 4.39 Å². The predicted octanol–water partition coefficient (Wildman–Crippen LogP) is 6.11. The van der Waals surface area contributed by atoms with Gasteiger partial charge in [-0.1, -0.05) is 48.5 Å². The maximum absolute atomic E-state index is 14.3. The zero-order valence-corrected chi connectivity index (χ0v) is 16.7. The van der Waals surface area contributed by atoms with Crippen LogP contribution in [0.15, 0.2) is 72.8 Å². The van der Waals surface area contributed by atoms with Gasteiger partial charge in [-0.2, -0.15) is 5.26 Å². The van der Waals surface area contributed by atoms with E-state index in [1.54, 1.807) is 36.4 Å². The van der Waals surface area contributed by atoms with Crippen molar-refractivity contribution in [3.8, 4) is 6.07 Å². The van der Waals surface area contributed by atoms with Crippen LogP contribution in [0.25, 0.3) is 22.6 Å². The van der Waals surface area contributed by atoms with Crippen molar-refractivity contribution in [1.82, 2.24) is 4.57 Å². The van der Waals surface area contributed by atoms with Gasteiger partial charge in [0, 0.05) is 46.4 Å². The summed E-state index contributed by atoms with van der Waals surface area (Å²) >= 11 is 0. The summed E-state index contributed by atoms with van der Waals surface area (Å²) in [5.41, 5.74) is 4.21. The summed E-state index contributed by atoms with van der Waals surface area (Å²) in [6.07, 6.45) is 1.72. The Morgan fingerprint density at radius 2 is 1.77 bits per heavy atom. The van der Waals surface area contributed by atoms with E-state index < -0.39 is 10.7 Å². The lowest BCUT2D eigenvalue weighted by atomic mass is 10.0. The number of para-hydroxylation sites is 1. The van der Waals surface area contributed by atoms with Crippen molar-refractivity contribution in [2.45, 2.75) is 13.5 Å². The molecular formula is C25H18FN3O2. The van der Waals surface area contributed by atoms with E-state index in [1.807, 2.05) is 31.2 Å². The SMILES string of the molecule is Cc1c(C=C(C#N)c2ccccc2F)c2ccccc2n1Cc1ccc([N+](=O)[O-])cc1. The van der Waals surface area contributed by atoms with Crippen molar-refractivity contribution in [1.29, 1.82) is 5.26 Å². The predicted molar refractivity (Wildman–Crippen MR) is 119 cm³/mol. The zero-order chi connectivity index (χ0) is 22.0. The van der Waals surface area contributed by atoms with Gasteiger partial charge >= 0.3 is 0 Å². The number of halogens is 1. The van der Waals surface area contributed by atoms with Crippen molar-refractivity contribution >= 4 is 28.2 Å². The Balaban J connectivity index is 1.83. The van der Waals surface area contributed by atoms with Crippen LogP contribution in [0.4, 0.5) is 10.1 Å². The molecule has 5 nitrogen and oxygen atoms in total. The molecule has 0 saturated heterocycles. The van der Waals surface area contributed by atoms with E-state index in [-0.39, 0.29) is 16.8 Å². The monoisotopic (exact) mass is 411 g/mol. The number of nitrogens with zero attached hydrogens (tertiary/aromatic N) is 3. The molecule has 6 heteroatoms. The number of non-ortho nitro benzene ring substituents is 1. The number of aromatic nitrogens is 1. The Morgan fingerprint density at radius 3 is 2.45 bits per heavy atom. The maximum atomic E-state index is 14.3. The molecule has 31 heavy (non-hydrogen) atoms. The second-order valence-corrected chi connectivity index (χ2v) is 7.18. The largest absolute Gasteiger partial charge is 0.340 e. The summed E-state index contributed by atoms with van der Waals surface area (Å²) < 4.78 is 16.4. The highest BCUT2D eigenvalue weighted by atomic mass is 19.1. The maximum Gasteiger partial charge on any atom is 0.269 e. The van der Waals surface area contributed by atoms with Crippen LogP contribution in [0.3, 0.4) is 0 Å². The highest BCUT2D eigenvalue weighted by Crippen LogP contribution is 2.31. The lowest BCUT2D eigenvalue weighted by molar-refractivity contribution is -0.384. The second-order valence-electron chi connectivity index (χ2n) is 7.18. The average Bonchev–Trinajstić information content (AvgIpc) is 3.04. The van der Waals surface area contributed by atoms with Gasteiger partial charge in [-0.15, -0.1) is 0 Å². The minimum atomic E-state index is -0.442. The molecule has 0 N–H and O–H groups in total. The Labute approximate surface area is 178 Å². The molecule has 0 bridgehead atoms. The molecule has 1 aromatic heterocycles. The summed E-state index contributed by atoms with van der Waals surface area (Å²) in [4.78, 5) is 10.5. The first-order chi connectivity index (χ1) is 15.0. The van der Waals surface area contributed by atoms with Crippen LogP contribution >= 0.6 is 0 Å². The van der Waals surface area contributed by atoms with Crippen LogP contribution in [-0.4, -0.2) is 9.49 Å². The number of nitro benzene ring substituents is 1. The summed E-state index contributed by atoms with van der Waals surface area (Å²) in [6.45, 7) is 2.47. The normalized spacial score (nSPS) is 11.5. The number of fused-ring (bicyclic) bond motifs is 1. The third kappa shape index (κ3) is 3.81. The molecule has 0 spiro atoms. The first-order valence-electron chi connectivity index (χ1n) is 9.67. The average molecular weight is 411 g/mol. The molecule has 0 aliphatic heterocycles. The molecule has 152 valence electrons. The summed E-state index contributed by atoms with van der Waals surface area (Å²) in [5.74, 6) is -0.442. The van der Waals surface area contributed by atoms with Crippen molar-refractivity contribution in [3.05, 3.63) is 111 Å². The Kier molecular flexibility index (Phi) is 5.33. The van der Waals surface area contributed by atoms with Crippen LogP contribution in [-0.2, 0) is 6.54 Å². The van der Waals surface area contributed by atoms with E-state index in [2.05, 4.69) is 10.6 Å². The standard InChI is InChI=1S/C25H18FN3O2/c1-17-23(14-19(15-27)21-6-2-4-8-24(21)26)22-7-3-5-9-25(22)28(17)16-18-10-12-20(13-11-18)29(30)31/h2-14H,16H2,1H3. The lowest BCUT2D eigenvalue weighted by Gasteiger charge is -2.09. The van der Waals surface area contributed by atoms with Crippen LogP contribution in [0, 0.1) is 34.2 Å². The topological polar surface area (TPSA) is 71.9 Å². The quantitative estimate of drug-likeness (QED) is 0.226. The van der Waals surface area contributed by atoms with E-state index in [1.165, 1.54) is 18.2 Å². The molecule has 0 amide bonds. The van der Waals surface area contributed by atoms with E-state index >= 15 is 0 Å². The van der Waals surface area contributed by atoms with Gasteiger partial charge in [0.1, 0.15) is 5.82 Å². The highest BCUT2D eigenvalue weighted by molar-refractivity contribution is 5.99. The molecule has 0 fully saturated rings. The van der Waals surface area contributed by atoms with Crippen LogP contribution in [0.1, 0.15) is 22.4 Å². The molecule has 4 aromatic rings. The van der Waals surface area contributed by atoms with Gasteiger partial charge in [0.05, 0.1) is 16.6 Å². The van der Waals surface area contributed by atoms with Crippen molar-refractivity contribution in [3.63, 3.8) is 0 Å². The van der Waals surface area contributed by atoms with Gasteiger partial charge in [0.2, 0.25) is 0 Å². The van der Waals surface area contributed by atoms with Gasteiger partial charge in [-0.3, -0.25) is 10.1 Å². The number of hydrogen-bond acceptors (Lipinski definition) is 3. The molecule has 3 aromatic carbocycles. The Morgan fingerprint density at radius 1 is 1.10 bits per heavy atom. The third-order valence-electron chi connectivity index (χ3n) is 5.34. The Bertz CT molecular complexity index is 1360. The first-order valence-corrected chi connectivity index (χ1v) is 9.67. The number of allylic oxidation sites excluding steroid dienone is 1. The smallest absolute Gasteiger partial charge is 0.269 e. The number of nitro groups is 1. The number of benzene rings is 3. The molecule has 1 heterocycles. The molecule has 0 radical (unpaired) electrons. The fourth-order valence-electron chi connectivity index (χ4n) is 3.74. The molecule has 0 atom stereocenters. The molecule has 0 unspecified atom stereocenters.